The molecule has 0 spiro atoms. The van der Waals surface area contributed by atoms with E-state index in [1.807, 2.05) is 18.2 Å². The molecule has 1 saturated carbocycles. The molecule has 0 heterocycles. The number of thioether (sulfide) groups is 1. The van der Waals surface area contributed by atoms with Crippen LogP contribution in [0.15, 0.2) is 29.2 Å². The minimum atomic E-state index is -4.89. The molecule has 140 valence electrons. The van der Waals surface area contributed by atoms with E-state index >= 15 is 0 Å². The van der Waals surface area contributed by atoms with E-state index in [1.54, 1.807) is 23.1 Å². The van der Waals surface area contributed by atoms with Crippen LogP contribution in [0.25, 0.3) is 0 Å². The number of carbonyl (C=O) groups excluding carboxylic acids is 1. The SMILES string of the molecule is O=C(NCC[C@@H](O)c1cccc(SCC2CCCCC2)c1)C(F)(F)F. The van der Waals surface area contributed by atoms with Crippen LogP contribution >= 0.6 is 11.8 Å². The molecule has 1 fully saturated rings. The lowest BCUT2D eigenvalue weighted by Gasteiger charge is -2.21. The van der Waals surface area contributed by atoms with Crippen molar-refractivity contribution in [2.75, 3.05) is 12.3 Å². The van der Waals surface area contributed by atoms with Gasteiger partial charge in [-0.1, -0.05) is 31.4 Å². The Morgan fingerprint density at radius 1 is 1.28 bits per heavy atom. The Morgan fingerprint density at radius 3 is 2.68 bits per heavy atom. The second-order valence-corrected chi connectivity index (χ2v) is 7.54. The van der Waals surface area contributed by atoms with Crippen molar-refractivity contribution in [3.8, 4) is 0 Å². The Morgan fingerprint density at radius 2 is 2.00 bits per heavy atom. The van der Waals surface area contributed by atoms with Crippen molar-refractivity contribution >= 4 is 17.7 Å². The van der Waals surface area contributed by atoms with Crippen LogP contribution in [0.1, 0.15) is 50.2 Å². The average Bonchev–Trinajstić information content (AvgIpc) is 2.60. The molecule has 0 radical (unpaired) electrons. The van der Waals surface area contributed by atoms with Crippen LogP contribution in [0.5, 0.6) is 0 Å². The lowest BCUT2D eigenvalue weighted by molar-refractivity contribution is -0.173. The van der Waals surface area contributed by atoms with Crippen LogP contribution < -0.4 is 5.32 Å². The summed E-state index contributed by atoms with van der Waals surface area (Å²) in [4.78, 5) is 11.8. The molecular formula is C18H24F3NO2S. The Labute approximate surface area is 150 Å². The summed E-state index contributed by atoms with van der Waals surface area (Å²) >= 11 is 1.76. The molecule has 7 heteroatoms. The number of nitrogens with one attached hydrogen (secondary N) is 1. The zero-order valence-electron chi connectivity index (χ0n) is 14.0. The zero-order chi connectivity index (χ0) is 18.3. The highest BCUT2D eigenvalue weighted by Gasteiger charge is 2.38. The summed E-state index contributed by atoms with van der Waals surface area (Å²) in [6, 6.07) is 7.45. The first-order valence-corrected chi connectivity index (χ1v) is 9.60. The van der Waals surface area contributed by atoms with Crippen molar-refractivity contribution in [2.45, 2.75) is 55.7 Å². The van der Waals surface area contributed by atoms with Gasteiger partial charge in [-0.05, 0) is 42.9 Å². The quantitative estimate of drug-likeness (QED) is 0.692. The lowest BCUT2D eigenvalue weighted by Crippen LogP contribution is -2.37. The molecule has 0 aromatic heterocycles. The van der Waals surface area contributed by atoms with E-state index in [9.17, 15) is 23.1 Å². The number of aliphatic hydroxyl groups is 1. The largest absolute Gasteiger partial charge is 0.471 e. The van der Waals surface area contributed by atoms with Gasteiger partial charge in [-0.3, -0.25) is 4.79 Å². The summed E-state index contributed by atoms with van der Waals surface area (Å²) in [5.41, 5.74) is 0.662. The van der Waals surface area contributed by atoms with Crippen molar-refractivity contribution in [3.05, 3.63) is 29.8 Å². The van der Waals surface area contributed by atoms with E-state index in [4.69, 9.17) is 0 Å². The number of rotatable bonds is 7. The van der Waals surface area contributed by atoms with Gasteiger partial charge in [0.25, 0.3) is 0 Å². The first kappa shape index (κ1) is 20.1. The van der Waals surface area contributed by atoms with Gasteiger partial charge in [-0.25, -0.2) is 0 Å². The first-order valence-electron chi connectivity index (χ1n) is 8.62. The molecule has 0 bridgehead atoms. The molecule has 0 aliphatic heterocycles. The lowest BCUT2D eigenvalue weighted by atomic mass is 9.91. The molecule has 0 unspecified atom stereocenters. The van der Waals surface area contributed by atoms with Gasteiger partial charge in [0.1, 0.15) is 0 Å². The van der Waals surface area contributed by atoms with Crippen LogP contribution in [0.4, 0.5) is 13.2 Å². The smallest absolute Gasteiger partial charge is 0.388 e. The number of aliphatic hydroxyl groups excluding tert-OH is 1. The standard InChI is InChI=1S/C18H24F3NO2S/c19-18(20,21)17(24)22-10-9-16(23)14-7-4-8-15(11-14)25-12-13-5-2-1-3-6-13/h4,7-8,11,13,16,23H,1-3,5-6,9-10,12H2,(H,22,24)/t16-/m1/s1. The topological polar surface area (TPSA) is 49.3 Å². The van der Waals surface area contributed by atoms with Crippen LogP contribution in [-0.4, -0.2) is 29.5 Å². The Kier molecular flexibility index (Phi) is 7.62. The number of hydrogen-bond donors (Lipinski definition) is 2. The fraction of sp³-hybridized carbons (Fsp3) is 0.611. The predicted molar refractivity (Wildman–Crippen MR) is 92.4 cm³/mol. The number of benzene rings is 1. The second-order valence-electron chi connectivity index (χ2n) is 6.45. The molecule has 25 heavy (non-hydrogen) atoms. The van der Waals surface area contributed by atoms with Crippen molar-refractivity contribution in [2.24, 2.45) is 5.92 Å². The van der Waals surface area contributed by atoms with Gasteiger partial charge in [-0.15, -0.1) is 11.8 Å². The van der Waals surface area contributed by atoms with Crippen molar-refractivity contribution in [3.63, 3.8) is 0 Å². The molecule has 0 saturated heterocycles. The van der Waals surface area contributed by atoms with E-state index < -0.39 is 18.2 Å². The van der Waals surface area contributed by atoms with Gasteiger partial charge in [-0.2, -0.15) is 13.2 Å². The maximum atomic E-state index is 12.1. The van der Waals surface area contributed by atoms with E-state index in [0.717, 1.165) is 16.6 Å². The molecule has 1 aliphatic rings. The van der Waals surface area contributed by atoms with Crippen LogP contribution in [0.3, 0.4) is 0 Å². The summed E-state index contributed by atoms with van der Waals surface area (Å²) in [7, 11) is 0. The molecule has 1 aromatic carbocycles. The van der Waals surface area contributed by atoms with Gasteiger partial charge >= 0.3 is 12.1 Å². The van der Waals surface area contributed by atoms with E-state index in [1.165, 1.54) is 32.1 Å². The fourth-order valence-electron chi connectivity index (χ4n) is 2.97. The van der Waals surface area contributed by atoms with Gasteiger partial charge < -0.3 is 10.4 Å². The van der Waals surface area contributed by atoms with Gasteiger partial charge in [0.2, 0.25) is 0 Å². The third-order valence-corrected chi connectivity index (χ3v) is 5.64. The van der Waals surface area contributed by atoms with Crippen molar-refractivity contribution < 1.29 is 23.1 Å². The summed E-state index contributed by atoms with van der Waals surface area (Å²) in [5.74, 6) is -0.178. The third-order valence-electron chi connectivity index (χ3n) is 4.41. The minimum absolute atomic E-state index is 0.0402. The molecular weight excluding hydrogens is 351 g/mol. The molecule has 2 N–H and O–H groups in total. The van der Waals surface area contributed by atoms with E-state index in [-0.39, 0.29) is 13.0 Å². The van der Waals surface area contributed by atoms with Gasteiger partial charge in [0, 0.05) is 17.2 Å². The van der Waals surface area contributed by atoms with Crippen LogP contribution in [0.2, 0.25) is 0 Å². The second kappa shape index (κ2) is 9.48. The third kappa shape index (κ3) is 6.90. The first-order chi connectivity index (χ1) is 11.9. The van der Waals surface area contributed by atoms with Crippen LogP contribution in [0, 0.1) is 5.92 Å². The average molecular weight is 375 g/mol. The van der Waals surface area contributed by atoms with Crippen LogP contribution in [-0.2, 0) is 4.79 Å². The zero-order valence-corrected chi connectivity index (χ0v) is 14.8. The minimum Gasteiger partial charge on any atom is -0.388 e. The summed E-state index contributed by atoms with van der Waals surface area (Å²) in [5, 5.41) is 11.9. The maximum Gasteiger partial charge on any atom is 0.471 e. The number of hydrogen-bond acceptors (Lipinski definition) is 3. The van der Waals surface area contributed by atoms with Gasteiger partial charge in [0.05, 0.1) is 6.10 Å². The number of amides is 1. The molecule has 2 rings (SSSR count). The van der Waals surface area contributed by atoms with E-state index in [0.29, 0.717) is 5.56 Å². The summed E-state index contributed by atoms with van der Waals surface area (Å²) in [6.07, 6.45) is 0.722. The predicted octanol–water partition coefficient (Wildman–Crippen LogP) is 4.46. The number of carbonyl (C=O) groups is 1. The van der Waals surface area contributed by atoms with Crippen molar-refractivity contribution in [1.82, 2.24) is 5.32 Å². The summed E-state index contributed by atoms with van der Waals surface area (Å²) < 4.78 is 36.3. The molecule has 1 amide bonds. The fourth-order valence-corrected chi connectivity index (χ4v) is 4.12. The summed E-state index contributed by atoms with van der Waals surface area (Å²) in [6.45, 7) is -0.223. The highest BCUT2D eigenvalue weighted by molar-refractivity contribution is 7.99. The Hall–Kier alpha value is -1.21. The molecule has 1 aromatic rings. The monoisotopic (exact) mass is 375 g/mol. The Bertz CT molecular complexity index is 559. The highest BCUT2D eigenvalue weighted by atomic mass is 32.2. The van der Waals surface area contributed by atoms with Crippen molar-refractivity contribution in [1.29, 1.82) is 0 Å². The number of alkyl halides is 3. The van der Waals surface area contributed by atoms with E-state index in [2.05, 4.69) is 0 Å². The normalized spacial score (nSPS) is 17.3. The molecule has 1 atom stereocenters. The highest BCUT2D eigenvalue weighted by Crippen LogP contribution is 2.31. The Balaban J connectivity index is 1.79. The molecule has 3 nitrogen and oxygen atoms in total. The molecule has 1 aliphatic carbocycles. The maximum absolute atomic E-state index is 12.1. The van der Waals surface area contributed by atoms with Gasteiger partial charge in [0.15, 0.2) is 0 Å². The number of halogens is 3.